The van der Waals surface area contributed by atoms with E-state index in [1.807, 2.05) is 44.2 Å². The van der Waals surface area contributed by atoms with Crippen LogP contribution in [0, 0.1) is 6.92 Å². The summed E-state index contributed by atoms with van der Waals surface area (Å²) in [5.74, 6) is -0.0394. The first-order chi connectivity index (χ1) is 8.61. The van der Waals surface area contributed by atoms with E-state index in [4.69, 9.17) is 12.2 Å². The van der Waals surface area contributed by atoms with Crippen molar-refractivity contribution in [3.05, 3.63) is 41.1 Å². The van der Waals surface area contributed by atoms with Crippen molar-refractivity contribution in [3.63, 3.8) is 0 Å². The predicted octanol–water partition coefficient (Wildman–Crippen LogP) is 2.46. The number of nitrogens with one attached hydrogen (secondary N) is 1. The first-order valence-electron chi connectivity index (χ1n) is 6.03. The molecule has 0 aromatic heterocycles. The average Bonchev–Trinajstić information content (AvgIpc) is 2.60. The van der Waals surface area contributed by atoms with Gasteiger partial charge in [0.15, 0.2) is 5.11 Å². The zero-order chi connectivity index (χ0) is 13.1. The largest absolute Gasteiger partial charge is 0.328 e. The number of amides is 1. The molecule has 1 N–H and O–H groups in total. The van der Waals surface area contributed by atoms with Crippen LogP contribution in [-0.4, -0.2) is 22.5 Å². The van der Waals surface area contributed by atoms with Gasteiger partial charge in [0.1, 0.15) is 5.70 Å². The van der Waals surface area contributed by atoms with Crippen LogP contribution in [0.25, 0.3) is 6.08 Å². The molecule has 2 rings (SSSR count). The molecule has 0 spiro atoms. The number of aryl methyl sites for hydroxylation is 1. The third kappa shape index (κ3) is 2.59. The molecular weight excluding hydrogens is 244 g/mol. The molecule has 0 aliphatic carbocycles. The molecule has 18 heavy (non-hydrogen) atoms. The molecule has 0 saturated carbocycles. The van der Waals surface area contributed by atoms with E-state index in [-0.39, 0.29) is 5.91 Å². The van der Waals surface area contributed by atoms with E-state index < -0.39 is 0 Å². The van der Waals surface area contributed by atoms with E-state index in [0.717, 1.165) is 12.0 Å². The number of nitrogens with zero attached hydrogens (tertiary/aromatic N) is 1. The minimum atomic E-state index is -0.0394. The third-order valence-electron chi connectivity index (χ3n) is 2.80. The quantitative estimate of drug-likeness (QED) is 0.669. The van der Waals surface area contributed by atoms with E-state index in [1.165, 1.54) is 5.56 Å². The summed E-state index contributed by atoms with van der Waals surface area (Å²) in [6.45, 7) is 4.72. The summed E-state index contributed by atoms with van der Waals surface area (Å²) in [7, 11) is 0. The molecule has 1 heterocycles. The summed E-state index contributed by atoms with van der Waals surface area (Å²) >= 11 is 5.15. The monoisotopic (exact) mass is 260 g/mol. The zero-order valence-electron chi connectivity index (χ0n) is 10.6. The van der Waals surface area contributed by atoms with Crippen LogP contribution in [0.1, 0.15) is 24.5 Å². The molecule has 1 amide bonds. The van der Waals surface area contributed by atoms with Gasteiger partial charge in [0.2, 0.25) is 0 Å². The van der Waals surface area contributed by atoms with Crippen molar-refractivity contribution in [2.24, 2.45) is 0 Å². The Balaban J connectivity index is 2.22. The van der Waals surface area contributed by atoms with Crippen molar-refractivity contribution in [1.29, 1.82) is 0 Å². The van der Waals surface area contributed by atoms with Crippen molar-refractivity contribution in [3.8, 4) is 0 Å². The van der Waals surface area contributed by atoms with Crippen molar-refractivity contribution in [2.75, 3.05) is 6.54 Å². The SMILES string of the molecule is CCCN1C(=O)/C(=C/c2ccc(C)cc2)NC1=S. The van der Waals surface area contributed by atoms with Crippen LogP contribution in [-0.2, 0) is 4.79 Å². The number of rotatable bonds is 3. The van der Waals surface area contributed by atoms with Gasteiger partial charge in [-0.15, -0.1) is 0 Å². The fraction of sp³-hybridized carbons (Fsp3) is 0.286. The van der Waals surface area contributed by atoms with Gasteiger partial charge in [0.25, 0.3) is 5.91 Å². The molecule has 1 fully saturated rings. The van der Waals surface area contributed by atoms with Crippen LogP contribution >= 0.6 is 12.2 Å². The Bertz CT molecular complexity index is 505. The highest BCUT2D eigenvalue weighted by molar-refractivity contribution is 7.80. The fourth-order valence-corrected chi connectivity index (χ4v) is 2.11. The summed E-state index contributed by atoms with van der Waals surface area (Å²) in [6.07, 6.45) is 2.73. The Labute approximate surface area is 112 Å². The molecule has 1 aliphatic rings. The van der Waals surface area contributed by atoms with Gasteiger partial charge >= 0.3 is 0 Å². The maximum Gasteiger partial charge on any atom is 0.276 e. The second-order valence-corrected chi connectivity index (χ2v) is 4.74. The maximum absolute atomic E-state index is 12.1. The Morgan fingerprint density at radius 1 is 1.33 bits per heavy atom. The lowest BCUT2D eigenvalue weighted by Gasteiger charge is -2.11. The third-order valence-corrected chi connectivity index (χ3v) is 3.12. The molecule has 3 nitrogen and oxygen atoms in total. The molecule has 4 heteroatoms. The van der Waals surface area contributed by atoms with Gasteiger partial charge in [-0.3, -0.25) is 9.69 Å². The molecule has 1 aromatic rings. The van der Waals surface area contributed by atoms with Gasteiger partial charge in [0.05, 0.1) is 0 Å². The lowest BCUT2D eigenvalue weighted by atomic mass is 10.1. The number of hydrogen-bond donors (Lipinski definition) is 1. The standard InChI is InChI=1S/C14H16N2OS/c1-3-8-16-13(17)12(15-14(16)18)9-11-6-4-10(2)5-7-11/h4-7,9H,3,8H2,1-2H3,(H,15,18)/b12-9-. The van der Waals surface area contributed by atoms with Gasteiger partial charge in [-0.1, -0.05) is 36.8 Å². The van der Waals surface area contributed by atoms with Crippen LogP contribution in [0.2, 0.25) is 0 Å². The predicted molar refractivity (Wildman–Crippen MR) is 76.9 cm³/mol. The van der Waals surface area contributed by atoms with E-state index in [1.54, 1.807) is 4.90 Å². The topological polar surface area (TPSA) is 32.3 Å². The number of benzene rings is 1. The molecular formula is C14H16N2OS. The molecule has 1 saturated heterocycles. The lowest BCUT2D eigenvalue weighted by Crippen LogP contribution is -2.31. The Morgan fingerprint density at radius 2 is 2.00 bits per heavy atom. The van der Waals surface area contributed by atoms with Crippen LogP contribution in [0.5, 0.6) is 0 Å². The molecule has 0 radical (unpaired) electrons. The summed E-state index contributed by atoms with van der Waals surface area (Å²) in [5.41, 5.74) is 2.75. The first-order valence-corrected chi connectivity index (χ1v) is 6.44. The smallest absolute Gasteiger partial charge is 0.276 e. The molecule has 1 aromatic carbocycles. The zero-order valence-corrected chi connectivity index (χ0v) is 11.4. The number of hydrogen-bond acceptors (Lipinski definition) is 2. The number of carbonyl (C=O) groups excluding carboxylic acids is 1. The Hall–Kier alpha value is -1.68. The number of carbonyl (C=O) groups is 1. The van der Waals surface area contributed by atoms with Crippen molar-refractivity contribution in [2.45, 2.75) is 20.3 Å². The highest BCUT2D eigenvalue weighted by Crippen LogP contribution is 2.14. The van der Waals surface area contributed by atoms with Gasteiger partial charge in [0, 0.05) is 6.54 Å². The highest BCUT2D eigenvalue weighted by atomic mass is 32.1. The normalized spacial score (nSPS) is 17.4. The van der Waals surface area contributed by atoms with Crippen molar-refractivity contribution in [1.82, 2.24) is 10.2 Å². The molecule has 0 bridgehead atoms. The number of thiocarbonyl (C=S) groups is 1. The molecule has 1 aliphatic heterocycles. The summed E-state index contributed by atoms with van der Waals surface area (Å²) < 4.78 is 0. The van der Waals surface area contributed by atoms with E-state index in [0.29, 0.717) is 17.4 Å². The molecule has 94 valence electrons. The van der Waals surface area contributed by atoms with Crippen molar-refractivity contribution < 1.29 is 4.79 Å². The second-order valence-electron chi connectivity index (χ2n) is 4.36. The van der Waals surface area contributed by atoms with E-state index >= 15 is 0 Å². The van der Waals surface area contributed by atoms with Crippen molar-refractivity contribution >= 4 is 29.3 Å². The van der Waals surface area contributed by atoms with Gasteiger partial charge in [-0.2, -0.15) is 0 Å². The summed E-state index contributed by atoms with van der Waals surface area (Å²) in [6, 6.07) is 8.02. The van der Waals surface area contributed by atoms with E-state index in [9.17, 15) is 4.79 Å². The molecule has 0 unspecified atom stereocenters. The molecule has 0 atom stereocenters. The summed E-state index contributed by atoms with van der Waals surface area (Å²) in [4.78, 5) is 13.7. The highest BCUT2D eigenvalue weighted by Gasteiger charge is 2.29. The Morgan fingerprint density at radius 3 is 2.61 bits per heavy atom. The van der Waals surface area contributed by atoms with Crippen LogP contribution in [0.4, 0.5) is 0 Å². The van der Waals surface area contributed by atoms with Crippen LogP contribution in [0.3, 0.4) is 0 Å². The van der Waals surface area contributed by atoms with Gasteiger partial charge in [-0.25, -0.2) is 0 Å². The minimum Gasteiger partial charge on any atom is -0.328 e. The van der Waals surface area contributed by atoms with E-state index in [2.05, 4.69) is 5.32 Å². The minimum absolute atomic E-state index is 0.0394. The van der Waals surface area contributed by atoms with Crippen LogP contribution < -0.4 is 5.32 Å². The first kappa shape index (κ1) is 12.8. The summed E-state index contributed by atoms with van der Waals surface area (Å²) in [5, 5.41) is 3.47. The maximum atomic E-state index is 12.1. The second kappa shape index (κ2) is 5.31. The van der Waals surface area contributed by atoms with Gasteiger partial charge in [-0.05, 0) is 37.2 Å². The Kier molecular flexibility index (Phi) is 3.77. The van der Waals surface area contributed by atoms with Crippen LogP contribution in [0.15, 0.2) is 30.0 Å². The average molecular weight is 260 g/mol. The lowest BCUT2D eigenvalue weighted by molar-refractivity contribution is -0.122. The van der Waals surface area contributed by atoms with Gasteiger partial charge < -0.3 is 5.32 Å². The fourth-order valence-electron chi connectivity index (χ4n) is 1.83.